The van der Waals surface area contributed by atoms with Crippen LogP contribution < -0.4 is 14.8 Å². The molecule has 0 saturated heterocycles. The van der Waals surface area contributed by atoms with Crippen molar-refractivity contribution in [3.63, 3.8) is 0 Å². The summed E-state index contributed by atoms with van der Waals surface area (Å²) in [6.07, 6.45) is 5.18. The fourth-order valence-electron chi connectivity index (χ4n) is 3.33. The molecule has 6 nitrogen and oxygen atoms in total. The van der Waals surface area contributed by atoms with Crippen molar-refractivity contribution >= 4 is 39.4 Å². The molecule has 7 heteroatoms. The largest absolute Gasteiger partial charge is 0.490 e. The van der Waals surface area contributed by atoms with Crippen molar-refractivity contribution in [3.8, 4) is 22.8 Å². The highest BCUT2D eigenvalue weighted by Gasteiger charge is 2.11. The number of aromatic nitrogens is 2. The maximum Gasteiger partial charge on any atom is 0.250 e. The van der Waals surface area contributed by atoms with Gasteiger partial charge < -0.3 is 14.5 Å². The lowest BCUT2D eigenvalue weighted by molar-refractivity contribution is -0.111. The van der Waals surface area contributed by atoms with E-state index in [-0.39, 0.29) is 5.91 Å². The van der Waals surface area contributed by atoms with Crippen molar-refractivity contribution in [3.05, 3.63) is 65.7 Å². The van der Waals surface area contributed by atoms with Gasteiger partial charge in [-0.05, 0) is 42.7 Å². The Morgan fingerprint density at radius 3 is 2.85 bits per heavy atom. The van der Waals surface area contributed by atoms with E-state index in [0.717, 1.165) is 27.7 Å². The van der Waals surface area contributed by atoms with E-state index >= 15 is 0 Å². The lowest BCUT2D eigenvalue weighted by Crippen LogP contribution is -2.07. The predicted molar refractivity (Wildman–Crippen MR) is 135 cm³/mol. The molecule has 1 amide bonds. The minimum absolute atomic E-state index is 0.243. The van der Waals surface area contributed by atoms with Crippen molar-refractivity contribution in [1.29, 1.82) is 0 Å². The molecule has 0 fully saturated rings. The maximum atomic E-state index is 12.5. The molecule has 0 aliphatic rings. The molecule has 0 unspecified atom stereocenters. The molecular weight excluding hydrogens is 434 g/mol. The SMILES string of the molecule is CCOc1cc(C=CC(=O)Nc2nc(-c3c[nH]c4ccccc34)cs2)ccc1OCC(C)C. The minimum atomic E-state index is -0.243. The predicted octanol–water partition coefficient (Wildman–Crippen LogP) is 6.38. The van der Waals surface area contributed by atoms with E-state index in [0.29, 0.717) is 35.8 Å². The summed E-state index contributed by atoms with van der Waals surface area (Å²) in [4.78, 5) is 20.3. The Balaban J connectivity index is 1.42. The number of hydrogen-bond acceptors (Lipinski definition) is 5. The molecule has 0 radical (unpaired) electrons. The second kappa shape index (κ2) is 10.4. The van der Waals surface area contributed by atoms with E-state index in [1.165, 1.54) is 17.4 Å². The highest BCUT2D eigenvalue weighted by Crippen LogP contribution is 2.31. The van der Waals surface area contributed by atoms with E-state index in [1.54, 1.807) is 6.08 Å². The molecule has 4 aromatic rings. The Morgan fingerprint density at radius 1 is 1.18 bits per heavy atom. The molecule has 2 aromatic heterocycles. The lowest BCUT2D eigenvalue weighted by Gasteiger charge is -2.14. The van der Waals surface area contributed by atoms with Crippen LogP contribution in [0.4, 0.5) is 5.13 Å². The number of nitrogens with zero attached hydrogens (tertiary/aromatic N) is 1. The van der Waals surface area contributed by atoms with Crippen molar-refractivity contribution in [2.75, 3.05) is 18.5 Å². The second-order valence-electron chi connectivity index (χ2n) is 7.95. The standard InChI is InChI=1S/C26H27N3O3S/c1-4-31-24-13-18(9-11-23(24)32-15-17(2)3)10-12-25(30)29-26-28-22(16-33-26)20-14-27-21-8-6-5-7-19(20)21/h5-14,16-17,27H,4,15H2,1-3H3,(H,28,29,30). The third-order valence-corrected chi connectivity index (χ3v) is 5.62. The highest BCUT2D eigenvalue weighted by atomic mass is 32.1. The van der Waals surface area contributed by atoms with E-state index in [4.69, 9.17) is 9.47 Å². The number of ether oxygens (including phenoxy) is 2. The molecule has 2 aromatic carbocycles. The lowest BCUT2D eigenvalue weighted by atomic mass is 10.1. The van der Waals surface area contributed by atoms with Crippen LogP contribution in [0.2, 0.25) is 0 Å². The number of H-pyrrole nitrogens is 1. The van der Waals surface area contributed by atoms with Crippen LogP contribution in [0.5, 0.6) is 11.5 Å². The Hall–Kier alpha value is -3.58. The van der Waals surface area contributed by atoms with Crippen LogP contribution in [-0.2, 0) is 4.79 Å². The van der Waals surface area contributed by atoms with Gasteiger partial charge in [-0.2, -0.15) is 0 Å². The topological polar surface area (TPSA) is 76.2 Å². The third-order valence-electron chi connectivity index (χ3n) is 4.87. The van der Waals surface area contributed by atoms with Gasteiger partial charge in [0.2, 0.25) is 5.91 Å². The van der Waals surface area contributed by atoms with Gasteiger partial charge in [-0.3, -0.25) is 10.1 Å². The summed E-state index contributed by atoms with van der Waals surface area (Å²) < 4.78 is 11.5. The number of thiazole rings is 1. The summed E-state index contributed by atoms with van der Waals surface area (Å²) in [5.74, 6) is 1.56. The van der Waals surface area contributed by atoms with Crippen LogP contribution in [0.3, 0.4) is 0 Å². The Bertz CT molecular complexity index is 1270. The number of anilines is 1. The normalized spacial score (nSPS) is 11.4. The molecule has 2 heterocycles. The smallest absolute Gasteiger partial charge is 0.250 e. The molecule has 0 aliphatic heterocycles. The first-order chi connectivity index (χ1) is 16.0. The van der Waals surface area contributed by atoms with Crippen molar-refractivity contribution in [2.45, 2.75) is 20.8 Å². The van der Waals surface area contributed by atoms with Crippen LogP contribution in [-0.4, -0.2) is 29.1 Å². The van der Waals surface area contributed by atoms with Crippen molar-refractivity contribution in [2.24, 2.45) is 5.92 Å². The summed E-state index contributed by atoms with van der Waals surface area (Å²) in [6.45, 7) is 7.28. The molecule has 0 atom stereocenters. The molecule has 4 rings (SSSR count). The first-order valence-corrected chi connectivity index (χ1v) is 11.8. The zero-order chi connectivity index (χ0) is 23.2. The zero-order valence-electron chi connectivity index (χ0n) is 18.9. The zero-order valence-corrected chi connectivity index (χ0v) is 19.7. The fraction of sp³-hybridized carbons (Fsp3) is 0.231. The van der Waals surface area contributed by atoms with E-state index < -0.39 is 0 Å². The van der Waals surface area contributed by atoms with Crippen LogP contribution in [0.15, 0.2) is 60.1 Å². The molecule has 0 saturated carbocycles. The minimum Gasteiger partial charge on any atom is -0.490 e. The van der Waals surface area contributed by atoms with Gasteiger partial charge in [-0.1, -0.05) is 38.1 Å². The van der Waals surface area contributed by atoms with Crippen molar-refractivity contribution in [1.82, 2.24) is 9.97 Å². The summed E-state index contributed by atoms with van der Waals surface area (Å²) >= 11 is 1.40. The van der Waals surface area contributed by atoms with Crippen LogP contribution >= 0.6 is 11.3 Å². The molecule has 0 spiro atoms. The molecule has 33 heavy (non-hydrogen) atoms. The van der Waals surface area contributed by atoms with Gasteiger partial charge >= 0.3 is 0 Å². The second-order valence-corrected chi connectivity index (χ2v) is 8.81. The summed E-state index contributed by atoms with van der Waals surface area (Å²) in [6, 6.07) is 13.7. The van der Waals surface area contributed by atoms with Gasteiger partial charge in [0.1, 0.15) is 0 Å². The van der Waals surface area contributed by atoms with Crippen molar-refractivity contribution < 1.29 is 14.3 Å². The first-order valence-electron chi connectivity index (χ1n) is 10.9. The molecule has 2 N–H and O–H groups in total. The van der Waals surface area contributed by atoms with Crippen LogP contribution in [0.25, 0.3) is 28.2 Å². The Labute approximate surface area is 197 Å². The van der Waals surface area contributed by atoms with E-state index in [9.17, 15) is 4.79 Å². The number of carbonyl (C=O) groups excluding carboxylic acids is 1. The maximum absolute atomic E-state index is 12.5. The van der Waals surface area contributed by atoms with Gasteiger partial charge in [0.05, 0.1) is 18.9 Å². The van der Waals surface area contributed by atoms with E-state index in [1.807, 2.05) is 54.9 Å². The monoisotopic (exact) mass is 461 g/mol. The number of nitrogens with one attached hydrogen (secondary N) is 2. The van der Waals surface area contributed by atoms with Gasteiger partial charge in [-0.15, -0.1) is 11.3 Å². The number of fused-ring (bicyclic) bond motifs is 1. The first kappa shape index (κ1) is 22.6. The fourth-order valence-corrected chi connectivity index (χ4v) is 4.04. The number of aromatic amines is 1. The molecule has 0 bridgehead atoms. The molecule has 0 aliphatic carbocycles. The van der Waals surface area contributed by atoms with Gasteiger partial charge in [0.15, 0.2) is 16.6 Å². The van der Waals surface area contributed by atoms with Crippen LogP contribution in [0, 0.1) is 5.92 Å². The number of benzene rings is 2. The van der Waals surface area contributed by atoms with Gasteiger partial charge in [0, 0.05) is 34.1 Å². The average molecular weight is 462 g/mol. The Kier molecular flexibility index (Phi) is 7.10. The number of amides is 1. The summed E-state index contributed by atoms with van der Waals surface area (Å²) in [7, 11) is 0. The highest BCUT2D eigenvalue weighted by molar-refractivity contribution is 7.14. The third kappa shape index (κ3) is 5.62. The average Bonchev–Trinajstić information content (AvgIpc) is 3.44. The van der Waals surface area contributed by atoms with Gasteiger partial charge in [-0.25, -0.2) is 4.98 Å². The van der Waals surface area contributed by atoms with Gasteiger partial charge in [0.25, 0.3) is 0 Å². The summed E-state index contributed by atoms with van der Waals surface area (Å²) in [5.41, 5.74) is 3.75. The molecular formula is C26H27N3O3S. The number of rotatable bonds is 9. The Morgan fingerprint density at radius 2 is 2.03 bits per heavy atom. The van der Waals surface area contributed by atoms with E-state index in [2.05, 4.69) is 35.2 Å². The quantitative estimate of drug-likeness (QED) is 0.284. The number of para-hydroxylation sites is 1. The summed E-state index contributed by atoms with van der Waals surface area (Å²) in [5, 5.41) is 6.44. The number of hydrogen-bond donors (Lipinski definition) is 2. The molecule has 170 valence electrons. The number of carbonyl (C=O) groups is 1. The van der Waals surface area contributed by atoms with Crippen LogP contribution in [0.1, 0.15) is 26.3 Å².